The predicted octanol–water partition coefficient (Wildman–Crippen LogP) is 1.17. The van der Waals surface area contributed by atoms with Crippen molar-refractivity contribution in [2.24, 2.45) is 0 Å². The van der Waals surface area contributed by atoms with Gasteiger partial charge in [-0.15, -0.1) is 0 Å². The van der Waals surface area contributed by atoms with Gasteiger partial charge in [-0.3, -0.25) is 0 Å². The van der Waals surface area contributed by atoms with E-state index in [0.717, 1.165) is 6.92 Å². The van der Waals surface area contributed by atoms with Crippen molar-refractivity contribution in [3.05, 3.63) is 30.3 Å². The first-order valence-corrected chi connectivity index (χ1v) is 4.04. The fraction of sp³-hybridized carbons (Fsp3) is 0.300. The fourth-order valence-electron chi connectivity index (χ4n) is 0.428. The monoisotopic (exact) mass is 238 g/mol. The molecule has 0 aliphatic rings. The number of carboxylic acids is 1. The van der Waals surface area contributed by atoms with Crippen molar-refractivity contribution >= 4 is 5.97 Å². The number of hydrogen-bond donors (Lipinski definition) is 1. The largest absolute Gasteiger partial charge is 0.550 e. The SMILES string of the molecule is CC.CC(=O)[O-].Oc1ccccc1.[Mn]. The third kappa shape index (κ3) is 22.5. The van der Waals surface area contributed by atoms with Gasteiger partial charge in [-0.25, -0.2) is 0 Å². The van der Waals surface area contributed by atoms with Crippen molar-refractivity contribution in [3.63, 3.8) is 0 Å². The second-order valence-electron chi connectivity index (χ2n) is 1.83. The normalized spacial score (nSPS) is 6.50. The molecule has 0 heterocycles. The molecule has 0 aromatic heterocycles. The van der Waals surface area contributed by atoms with Crippen LogP contribution in [0.5, 0.6) is 5.75 Å². The van der Waals surface area contributed by atoms with Gasteiger partial charge in [-0.2, -0.15) is 0 Å². The molecule has 1 aromatic rings. The van der Waals surface area contributed by atoms with Crippen molar-refractivity contribution in [2.75, 3.05) is 0 Å². The Bertz CT molecular complexity index is 208. The maximum atomic E-state index is 8.89. The van der Waals surface area contributed by atoms with E-state index in [1.165, 1.54) is 0 Å². The van der Waals surface area contributed by atoms with Gasteiger partial charge < -0.3 is 15.0 Å². The molecule has 0 aliphatic carbocycles. The summed E-state index contributed by atoms with van der Waals surface area (Å²) in [5, 5.41) is 17.5. The molecule has 0 saturated heterocycles. The first-order chi connectivity index (χ1) is 6.13. The zero-order valence-corrected chi connectivity index (χ0v) is 9.71. The quantitative estimate of drug-likeness (QED) is 0.690. The van der Waals surface area contributed by atoms with Gasteiger partial charge in [-0.1, -0.05) is 32.0 Å². The van der Waals surface area contributed by atoms with Crippen LogP contribution in [0.4, 0.5) is 0 Å². The van der Waals surface area contributed by atoms with E-state index in [2.05, 4.69) is 0 Å². The van der Waals surface area contributed by atoms with Gasteiger partial charge in [0, 0.05) is 23.0 Å². The van der Waals surface area contributed by atoms with Gasteiger partial charge in [0.05, 0.1) is 0 Å². The summed E-state index contributed by atoms with van der Waals surface area (Å²) < 4.78 is 0. The first kappa shape index (κ1) is 18.7. The van der Waals surface area contributed by atoms with Crippen LogP contribution in [0.2, 0.25) is 0 Å². The van der Waals surface area contributed by atoms with Crippen LogP contribution < -0.4 is 5.11 Å². The fourth-order valence-corrected chi connectivity index (χ4v) is 0.428. The number of aromatic hydroxyl groups is 1. The molecule has 0 bridgehead atoms. The zero-order valence-electron chi connectivity index (χ0n) is 8.53. The summed E-state index contributed by atoms with van der Waals surface area (Å²) in [4.78, 5) is 8.89. The van der Waals surface area contributed by atoms with Gasteiger partial charge in [0.25, 0.3) is 0 Å². The minimum Gasteiger partial charge on any atom is -0.550 e. The maximum absolute atomic E-state index is 8.89. The molecule has 1 aromatic carbocycles. The van der Waals surface area contributed by atoms with E-state index >= 15 is 0 Å². The molecule has 0 spiro atoms. The molecule has 81 valence electrons. The number of hydrogen-bond acceptors (Lipinski definition) is 3. The Morgan fingerprint density at radius 1 is 1.21 bits per heavy atom. The third-order valence-electron chi connectivity index (χ3n) is 0.756. The van der Waals surface area contributed by atoms with Crippen LogP contribution in [-0.4, -0.2) is 11.1 Å². The number of rotatable bonds is 0. The standard InChI is InChI=1S/C6H6O.C2H4O2.C2H6.Mn/c7-6-4-2-1-3-5-6;1-2(3)4;1-2;/h1-5,7H;1H3,(H,3,4);1-2H3;/p-1. The van der Waals surface area contributed by atoms with E-state index in [4.69, 9.17) is 15.0 Å². The molecule has 0 unspecified atom stereocenters. The second-order valence-corrected chi connectivity index (χ2v) is 1.83. The Morgan fingerprint density at radius 2 is 1.50 bits per heavy atom. The van der Waals surface area contributed by atoms with Crippen LogP contribution in [-0.2, 0) is 21.9 Å². The second kappa shape index (κ2) is 14.5. The van der Waals surface area contributed by atoms with Gasteiger partial charge in [0.2, 0.25) is 0 Å². The number of carbonyl (C=O) groups is 1. The van der Waals surface area contributed by atoms with Gasteiger partial charge in [0.15, 0.2) is 0 Å². The van der Waals surface area contributed by atoms with E-state index in [1.807, 2.05) is 19.9 Å². The van der Waals surface area contributed by atoms with Crippen molar-refractivity contribution in [1.29, 1.82) is 0 Å². The van der Waals surface area contributed by atoms with E-state index in [0.29, 0.717) is 5.75 Å². The number of carbonyl (C=O) groups excluding carboxylic acids is 1. The third-order valence-corrected chi connectivity index (χ3v) is 0.756. The first-order valence-electron chi connectivity index (χ1n) is 4.04. The van der Waals surface area contributed by atoms with Gasteiger partial charge in [0.1, 0.15) is 5.75 Å². The molecule has 0 aliphatic heterocycles. The van der Waals surface area contributed by atoms with Crippen LogP contribution in [0.15, 0.2) is 30.3 Å². The minimum atomic E-state index is -1.08. The van der Waals surface area contributed by atoms with Gasteiger partial charge in [-0.05, 0) is 19.1 Å². The molecule has 1 radical (unpaired) electrons. The summed E-state index contributed by atoms with van der Waals surface area (Å²) in [6.07, 6.45) is 0. The minimum absolute atomic E-state index is 0. The summed E-state index contributed by atoms with van der Waals surface area (Å²) in [5.74, 6) is -0.762. The molecular weight excluding hydrogens is 223 g/mol. The molecule has 0 atom stereocenters. The summed E-state index contributed by atoms with van der Waals surface area (Å²) in [7, 11) is 0. The number of phenols is 1. The molecule has 0 fully saturated rings. The molecule has 3 nitrogen and oxygen atoms in total. The number of carboxylic acid groups (broad SMARTS) is 1. The topological polar surface area (TPSA) is 60.4 Å². The Morgan fingerprint density at radius 3 is 1.64 bits per heavy atom. The van der Waals surface area contributed by atoms with Gasteiger partial charge >= 0.3 is 0 Å². The summed E-state index contributed by atoms with van der Waals surface area (Å²) in [6, 6.07) is 8.71. The summed E-state index contributed by atoms with van der Waals surface area (Å²) >= 11 is 0. The average Bonchev–Trinajstić information content (AvgIpc) is 2.08. The molecular formula is C10H15MnO3-. The number of phenolic OH excluding ortho intramolecular Hbond substituents is 1. The summed E-state index contributed by atoms with van der Waals surface area (Å²) in [6.45, 7) is 4.97. The van der Waals surface area contributed by atoms with Crippen molar-refractivity contribution < 1.29 is 32.1 Å². The molecule has 4 heteroatoms. The molecule has 0 saturated carbocycles. The molecule has 1 rings (SSSR count). The van der Waals surface area contributed by atoms with E-state index in [1.54, 1.807) is 24.3 Å². The molecule has 0 amide bonds. The van der Waals surface area contributed by atoms with Crippen molar-refractivity contribution in [3.8, 4) is 5.75 Å². The van der Waals surface area contributed by atoms with Crippen molar-refractivity contribution in [2.45, 2.75) is 20.8 Å². The van der Waals surface area contributed by atoms with Crippen LogP contribution >= 0.6 is 0 Å². The number of aliphatic carboxylic acids is 1. The van der Waals surface area contributed by atoms with Crippen molar-refractivity contribution in [1.82, 2.24) is 0 Å². The Hall–Kier alpha value is -0.991. The van der Waals surface area contributed by atoms with Crippen LogP contribution in [0.25, 0.3) is 0 Å². The zero-order chi connectivity index (χ0) is 10.7. The number of benzene rings is 1. The Kier molecular flexibility index (Phi) is 19.4. The Balaban J connectivity index is -0.000000152. The maximum Gasteiger partial charge on any atom is 0.115 e. The Labute approximate surface area is 95.2 Å². The van der Waals surface area contributed by atoms with E-state index in [-0.39, 0.29) is 17.1 Å². The van der Waals surface area contributed by atoms with Crippen LogP contribution in [0, 0.1) is 0 Å². The summed E-state index contributed by atoms with van der Waals surface area (Å²) in [5.41, 5.74) is 0. The smallest absolute Gasteiger partial charge is 0.115 e. The predicted molar refractivity (Wildman–Crippen MR) is 50.1 cm³/mol. The van der Waals surface area contributed by atoms with E-state index in [9.17, 15) is 0 Å². The molecule has 14 heavy (non-hydrogen) atoms. The van der Waals surface area contributed by atoms with Crippen LogP contribution in [0.3, 0.4) is 0 Å². The number of para-hydroxylation sites is 1. The van der Waals surface area contributed by atoms with Crippen LogP contribution in [0.1, 0.15) is 20.8 Å². The average molecular weight is 238 g/mol. The van der Waals surface area contributed by atoms with E-state index < -0.39 is 5.97 Å². The molecule has 1 N–H and O–H groups in total.